The molecule has 0 aliphatic carbocycles. The number of hydrogen-bond acceptors (Lipinski definition) is 4. The van der Waals surface area contributed by atoms with Gasteiger partial charge in [-0.05, 0) is 18.2 Å². The molecule has 4 rings (SSSR count). The second-order valence-electron chi connectivity index (χ2n) is 3.92. The van der Waals surface area contributed by atoms with E-state index in [1.807, 2.05) is 24.3 Å². The highest BCUT2D eigenvalue weighted by Crippen LogP contribution is 2.12. The molecule has 0 fully saturated rings. The van der Waals surface area contributed by atoms with E-state index < -0.39 is 0 Å². The van der Waals surface area contributed by atoms with E-state index in [-0.39, 0.29) is 5.69 Å². The maximum Gasteiger partial charge on any atom is 0.342 e. The molecule has 3 aromatic heterocycles. The van der Waals surface area contributed by atoms with Crippen molar-refractivity contribution in [2.75, 3.05) is 0 Å². The first-order valence-electron chi connectivity index (χ1n) is 5.45. The van der Waals surface area contributed by atoms with Crippen molar-refractivity contribution in [1.29, 1.82) is 0 Å². The summed E-state index contributed by atoms with van der Waals surface area (Å²) in [7, 11) is 0. The van der Waals surface area contributed by atoms with Crippen molar-refractivity contribution in [1.82, 2.24) is 23.8 Å². The molecule has 1 aromatic carbocycles. The lowest BCUT2D eigenvalue weighted by Gasteiger charge is -1.99. The van der Waals surface area contributed by atoms with E-state index in [4.69, 9.17) is 0 Å². The van der Waals surface area contributed by atoms with Gasteiger partial charge in [-0.15, -0.1) is 0 Å². The van der Waals surface area contributed by atoms with Gasteiger partial charge in [0.1, 0.15) is 0 Å². The average Bonchev–Trinajstić information content (AvgIpc) is 2.77. The van der Waals surface area contributed by atoms with Crippen LogP contribution in [0.2, 0.25) is 0 Å². The quantitative estimate of drug-likeness (QED) is 0.455. The van der Waals surface area contributed by atoms with Crippen LogP contribution < -0.4 is 5.69 Å². The van der Waals surface area contributed by atoms with Gasteiger partial charge in [-0.2, -0.15) is 4.98 Å². The second-order valence-corrected chi connectivity index (χ2v) is 3.92. The predicted octanol–water partition coefficient (Wildman–Crippen LogP) is 0.890. The summed E-state index contributed by atoms with van der Waals surface area (Å²) in [6.45, 7) is 0. The molecule has 0 N–H and O–H groups in total. The molecule has 0 atom stereocenters. The lowest BCUT2D eigenvalue weighted by Crippen LogP contribution is -2.23. The Morgan fingerprint density at radius 3 is 2.83 bits per heavy atom. The number of benzene rings is 1. The van der Waals surface area contributed by atoms with Crippen LogP contribution in [0.15, 0.2) is 47.5 Å². The summed E-state index contributed by atoms with van der Waals surface area (Å²) >= 11 is 0. The first-order valence-corrected chi connectivity index (χ1v) is 5.45. The maximum atomic E-state index is 12.4. The van der Waals surface area contributed by atoms with Gasteiger partial charge >= 0.3 is 5.69 Å². The van der Waals surface area contributed by atoms with Crippen LogP contribution in [0.1, 0.15) is 0 Å². The number of aromatic nitrogens is 5. The minimum absolute atomic E-state index is 0.211. The monoisotopic (exact) mass is 237 g/mol. The van der Waals surface area contributed by atoms with Gasteiger partial charge < -0.3 is 0 Å². The molecule has 0 amide bonds. The van der Waals surface area contributed by atoms with Crippen molar-refractivity contribution < 1.29 is 0 Å². The van der Waals surface area contributed by atoms with Crippen LogP contribution in [0.4, 0.5) is 0 Å². The SMILES string of the molecule is O=c1n2cccnc2nc2nc3ccccc3n12. The molecule has 0 spiro atoms. The summed E-state index contributed by atoms with van der Waals surface area (Å²) in [5, 5.41) is 0. The molecule has 86 valence electrons. The lowest BCUT2D eigenvalue weighted by molar-refractivity contribution is 0.897. The molecule has 0 radical (unpaired) electrons. The molecule has 0 bridgehead atoms. The van der Waals surface area contributed by atoms with Crippen LogP contribution >= 0.6 is 0 Å². The van der Waals surface area contributed by atoms with E-state index in [0.717, 1.165) is 11.0 Å². The van der Waals surface area contributed by atoms with Gasteiger partial charge in [-0.1, -0.05) is 12.1 Å². The normalized spacial score (nSPS) is 11.6. The van der Waals surface area contributed by atoms with Crippen molar-refractivity contribution in [3.05, 3.63) is 53.2 Å². The highest BCUT2D eigenvalue weighted by Gasteiger charge is 2.10. The zero-order valence-corrected chi connectivity index (χ0v) is 9.19. The summed E-state index contributed by atoms with van der Waals surface area (Å²) in [6, 6.07) is 9.15. The largest absolute Gasteiger partial charge is 0.342 e. The standard InChI is InChI=1S/C12H7N5O/c18-12-16-7-3-6-13-10(16)15-11-14-8-4-1-2-5-9(8)17(11)12/h1-7H. The van der Waals surface area contributed by atoms with Crippen molar-refractivity contribution in [2.24, 2.45) is 0 Å². The second kappa shape index (κ2) is 3.13. The molecule has 0 saturated carbocycles. The van der Waals surface area contributed by atoms with Crippen molar-refractivity contribution in [3.63, 3.8) is 0 Å². The fourth-order valence-corrected chi connectivity index (χ4v) is 2.07. The van der Waals surface area contributed by atoms with E-state index in [0.29, 0.717) is 11.6 Å². The number of rotatable bonds is 0. The van der Waals surface area contributed by atoms with Crippen molar-refractivity contribution in [3.8, 4) is 0 Å². The Kier molecular flexibility index (Phi) is 1.62. The molecule has 6 nitrogen and oxygen atoms in total. The van der Waals surface area contributed by atoms with Gasteiger partial charge in [-0.3, -0.25) is 0 Å². The molecule has 0 saturated heterocycles. The zero-order chi connectivity index (χ0) is 12.1. The summed E-state index contributed by atoms with van der Waals surface area (Å²) in [6.07, 6.45) is 3.24. The van der Waals surface area contributed by atoms with Gasteiger partial charge in [0, 0.05) is 12.4 Å². The molecular formula is C12H7N5O. The molecular weight excluding hydrogens is 230 g/mol. The van der Waals surface area contributed by atoms with E-state index in [1.165, 1.54) is 8.80 Å². The smallest absolute Gasteiger partial charge is 0.247 e. The number of nitrogens with zero attached hydrogens (tertiary/aromatic N) is 5. The van der Waals surface area contributed by atoms with E-state index >= 15 is 0 Å². The van der Waals surface area contributed by atoms with Crippen molar-refractivity contribution in [2.45, 2.75) is 0 Å². The Morgan fingerprint density at radius 1 is 1.00 bits per heavy atom. The first-order chi connectivity index (χ1) is 8.84. The number of imidazole rings is 1. The Bertz CT molecular complexity index is 953. The highest BCUT2D eigenvalue weighted by molar-refractivity contribution is 5.79. The lowest BCUT2D eigenvalue weighted by atomic mass is 10.3. The molecule has 0 aliphatic heterocycles. The van der Waals surface area contributed by atoms with Gasteiger partial charge in [0.05, 0.1) is 11.0 Å². The molecule has 6 heteroatoms. The van der Waals surface area contributed by atoms with Crippen molar-refractivity contribution >= 4 is 22.6 Å². The highest BCUT2D eigenvalue weighted by atomic mass is 16.1. The summed E-state index contributed by atoms with van der Waals surface area (Å²) in [4.78, 5) is 25.0. The van der Waals surface area contributed by atoms with Crippen LogP contribution in [0.5, 0.6) is 0 Å². The van der Waals surface area contributed by atoms with Gasteiger partial charge in [0.2, 0.25) is 11.6 Å². The third-order valence-corrected chi connectivity index (χ3v) is 2.87. The number of para-hydroxylation sites is 2. The molecule has 0 aliphatic rings. The predicted molar refractivity (Wildman–Crippen MR) is 65.5 cm³/mol. The van der Waals surface area contributed by atoms with Crippen LogP contribution in [0, 0.1) is 0 Å². The number of fused-ring (bicyclic) bond motifs is 4. The molecule has 3 heterocycles. The maximum absolute atomic E-state index is 12.4. The minimum Gasteiger partial charge on any atom is -0.247 e. The Balaban J connectivity index is 2.39. The summed E-state index contributed by atoms with van der Waals surface area (Å²) in [5.74, 6) is 0.727. The van der Waals surface area contributed by atoms with Gasteiger partial charge in [-0.25, -0.2) is 23.6 Å². The van der Waals surface area contributed by atoms with Crippen LogP contribution in [-0.4, -0.2) is 23.8 Å². The Hall–Kier alpha value is -2.76. The summed E-state index contributed by atoms with van der Waals surface area (Å²) in [5.41, 5.74) is 1.29. The van der Waals surface area contributed by atoms with Crippen LogP contribution in [0.3, 0.4) is 0 Å². The van der Waals surface area contributed by atoms with Gasteiger partial charge in [0.15, 0.2) is 0 Å². The average molecular weight is 237 g/mol. The molecule has 4 aromatic rings. The third-order valence-electron chi connectivity index (χ3n) is 2.87. The van der Waals surface area contributed by atoms with E-state index in [2.05, 4.69) is 15.0 Å². The number of hydrogen-bond donors (Lipinski definition) is 0. The zero-order valence-electron chi connectivity index (χ0n) is 9.19. The van der Waals surface area contributed by atoms with E-state index in [9.17, 15) is 4.79 Å². The molecule has 0 unspecified atom stereocenters. The molecule has 18 heavy (non-hydrogen) atoms. The summed E-state index contributed by atoms with van der Waals surface area (Å²) < 4.78 is 2.89. The van der Waals surface area contributed by atoms with E-state index in [1.54, 1.807) is 18.5 Å². The van der Waals surface area contributed by atoms with Crippen LogP contribution in [-0.2, 0) is 0 Å². The topological polar surface area (TPSA) is 64.6 Å². The Labute approximate surface area is 100 Å². The van der Waals surface area contributed by atoms with Gasteiger partial charge in [0.25, 0.3) is 0 Å². The first kappa shape index (κ1) is 9.29. The third kappa shape index (κ3) is 1.06. The fraction of sp³-hybridized carbons (Fsp3) is 0. The minimum atomic E-state index is -0.211. The Morgan fingerprint density at radius 2 is 1.89 bits per heavy atom. The fourth-order valence-electron chi connectivity index (χ4n) is 2.07. The van der Waals surface area contributed by atoms with Crippen LogP contribution in [0.25, 0.3) is 22.6 Å².